The van der Waals surface area contributed by atoms with Gasteiger partial charge in [0.25, 0.3) is 5.91 Å². The summed E-state index contributed by atoms with van der Waals surface area (Å²) in [4.78, 5) is 27.0. The van der Waals surface area contributed by atoms with Crippen molar-refractivity contribution in [3.8, 4) is 0 Å². The predicted octanol–water partition coefficient (Wildman–Crippen LogP) is 3.32. The molecular formula is C20H24N2O3. The number of aryl methyl sites for hydroxylation is 1. The van der Waals surface area contributed by atoms with Crippen molar-refractivity contribution in [3.05, 3.63) is 59.5 Å². The molecule has 1 saturated heterocycles. The van der Waals surface area contributed by atoms with Crippen LogP contribution in [-0.2, 0) is 4.79 Å². The standard InChI is InChI=1S/C20H24N2O3/c1-14(16-7-4-3-5-8-16)21-19(23)17-9-6-11-22(13-17)20(24)18-10-12-25-15(18)2/h3-5,7-8,10,12,14,17H,6,9,11,13H2,1-2H3,(H,21,23). The van der Waals surface area contributed by atoms with Crippen LogP contribution in [0.25, 0.3) is 0 Å². The molecule has 2 heterocycles. The first kappa shape index (κ1) is 17.3. The van der Waals surface area contributed by atoms with Crippen molar-refractivity contribution >= 4 is 11.8 Å². The Kier molecular flexibility index (Phi) is 5.22. The summed E-state index contributed by atoms with van der Waals surface area (Å²) in [5.74, 6) is 0.406. The van der Waals surface area contributed by atoms with E-state index in [0.717, 1.165) is 18.4 Å². The highest BCUT2D eigenvalue weighted by Crippen LogP contribution is 2.22. The fraction of sp³-hybridized carbons (Fsp3) is 0.400. The molecule has 1 aliphatic heterocycles. The molecule has 132 valence electrons. The monoisotopic (exact) mass is 340 g/mol. The van der Waals surface area contributed by atoms with Crippen molar-refractivity contribution in [2.45, 2.75) is 32.7 Å². The lowest BCUT2D eigenvalue weighted by Crippen LogP contribution is -2.45. The van der Waals surface area contributed by atoms with E-state index in [-0.39, 0.29) is 23.8 Å². The summed E-state index contributed by atoms with van der Waals surface area (Å²) in [6, 6.07) is 11.5. The number of carbonyl (C=O) groups is 2. The van der Waals surface area contributed by atoms with Crippen molar-refractivity contribution in [2.24, 2.45) is 5.92 Å². The smallest absolute Gasteiger partial charge is 0.257 e. The van der Waals surface area contributed by atoms with Crippen LogP contribution >= 0.6 is 0 Å². The molecule has 25 heavy (non-hydrogen) atoms. The fourth-order valence-electron chi connectivity index (χ4n) is 3.31. The molecule has 2 aromatic rings. The highest BCUT2D eigenvalue weighted by Gasteiger charge is 2.30. The summed E-state index contributed by atoms with van der Waals surface area (Å²) < 4.78 is 5.23. The molecule has 0 bridgehead atoms. The van der Waals surface area contributed by atoms with Gasteiger partial charge in [-0.25, -0.2) is 0 Å². The molecule has 1 fully saturated rings. The number of amides is 2. The van der Waals surface area contributed by atoms with Gasteiger partial charge in [-0.05, 0) is 38.3 Å². The number of rotatable bonds is 4. The summed E-state index contributed by atoms with van der Waals surface area (Å²) in [6.45, 7) is 4.90. The van der Waals surface area contributed by atoms with Crippen molar-refractivity contribution in [1.82, 2.24) is 10.2 Å². The number of likely N-dealkylation sites (tertiary alicyclic amines) is 1. The number of benzene rings is 1. The van der Waals surface area contributed by atoms with Gasteiger partial charge >= 0.3 is 0 Å². The van der Waals surface area contributed by atoms with E-state index in [2.05, 4.69) is 5.32 Å². The number of nitrogens with zero attached hydrogens (tertiary/aromatic N) is 1. The van der Waals surface area contributed by atoms with Gasteiger partial charge in [0.05, 0.1) is 23.8 Å². The van der Waals surface area contributed by atoms with E-state index < -0.39 is 0 Å². The summed E-state index contributed by atoms with van der Waals surface area (Å²) in [7, 11) is 0. The Balaban J connectivity index is 1.62. The maximum Gasteiger partial charge on any atom is 0.257 e. The third kappa shape index (κ3) is 3.92. The molecular weight excluding hydrogens is 316 g/mol. The normalized spacial score (nSPS) is 18.6. The number of piperidine rings is 1. The lowest BCUT2D eigenvalue weighted by Gasteiger charge is -2.32. The minimum Gasteiger partial charge on any atom is -0.469 e. The van der Waals surface area contributed by atoms with E-state index in [9.17, 15) is 9.59 Å². The molecule has 1 aromatic heterocycles. The molecule has 0 radical (unpaired) electrons. The first-order valence-corrected chi connectivity index (χ1v) is 8.75. The van der Waals surface area contributed by atoms with E-state index in [1.165, 1.54) is 6.26 Å². The van der Waals surface area contributed by atoms with Gasteiger partial charge in [-0.3, -0.25) is 9.59 Å². The molecule has 1 N–H and O–H groups in total. The van der Waals surface area contributed by atoms with Crippen molar-refractivity contribution in [1.29, 1.82) is 0 Å². The van der Waals surface area contributed by atoms with E-state index in [1.807, 2.05) is 37.3 Å². The van der Waals surface area contributed by atoms with Gasteiger partial charge in [-0.2, -0.15) is 0 Å². The Morgan fingerprint density at radius 3 is 2.68 bits per heavy atom. The van der Waals surface area contributed by atoms with E-state index >= 15 is 0 Å². The highest BCUT2D eigenvalue weighted by atomic mass is 16.3. The van der Waals surface area contributed by atoms with E-state index in [4.69, 9.17) is 4.42 Å². The van der Waals surface area contributed by atoms with Crippen LogP contribution in [0.5, 0.6) is 0 Å². The molecule has 2 atom stereocenters. The Morgan fingerprint density at radius 2 is 2.00 bits per heavy atom. The van der Waals surface area contributed by atoms with Crippen LogP contribution in [0.2, 0.25) is 0 Å². The Labute approximate surface area is 148 Å². The van der Waals surface area contributed by atoms with Crippen LogP contribution in [0, 0.1) is 12.8 Å². The maximum atomic E-state index is 12.6. The highest BCUT2D eigenvalue weighted by molar-refractivity contribution is 5.95. The lowest BCUT2D eigenvalue weighted by molar-refractivity contribution is -0.127. The first-order valence-electron chi connectivity index (χ1n) is 8.75. The first-order chi connectivity index (χ1) is 12.1. The lowest BCUT2D eigenvalue weighted by atomic mass is 9.95. The zero-order valence-corrected chi connectivity index (χ0v) is 14.7. The summed E-state index contributed by atoms with van der Waals surface area (Å²) in [5, 5.41) is 3.08. The Bertz CT molecular complexity index is 738. The molecule has 2 unspecified atom stereocenters. The third-order valence-electron chi connectivity index (χ3n) is 4.83. The average molecular weight is 340 g/mol. The van der Waals surface area contributed by atoms with Crippen LogP contribution in [0.4, 0.5) is 0 Å². The summed E-state index contributed by atoms with van der Waals surface area (Å²) in [6.07, 6.45) is 3.17. The van der Waals surface area contributed by atoms with Crippen LogP contribution in [0.3, 0.4) is 0 Å². The van der Waals surface area contributed by atoms with Crippen molar-refractivity contribution < 1.29 is 14.0 Å². The number of hydrogen-bond donors (Lipinski definition) is 1. The van der Waals surface area contributed by atoms with Crippen LogP contribution < -0.4 is 5.32 Å². The van der Waals surface area contributed by atoms with Gasteiger partial charge in [0.1, 0.15) is 5.76 Å². The second kappa shape index (κ2) is 7.55. The number of hydrogen-bond acceptors (Lipinski definition) is 3. The number of furan rings is 1. The van der Waals surface area contributed by atoms with Crippen LogP contribution in [0.15, 0.2) is 47.1 Å². The van der Waals surface area contributed by atoms with Crippen molar-refractivity contribution in [3.63, 3.8) is 0 Å². The largest absolute Gasteiger partial charge is 0.469 e. The molecule has 5 heteroatoms. The van der Waals surface area contributed by atoms with Gasteiger partial charge in [0.2, 0.25) is 5.91 Å². The average Bonchev–Trinajstić information content (AvgIpc) is 3.07. The zero-order valence-electron chi connectivity index (χ0n) is 14.7. The molecule has 3 rings (SSSR count). The summed E-state index contributed by atoms with van der Waals surface area (Å²) >= 11 is 0. The van der Waals surface area contributed by atoms with Crippen molar-refractivity contribution in [2.75, 3.05) is 13.1 Å². The molecule has 0 saturated carbocycles. The molecule has 2 amide bonds. The fourth-order valence-corrected chi connectivity index (χ4v) is 3.31. The molecule has 1 aromatic carbocycles. The predicted molar refractivity (Wildman–Crippen MR) is 95.1 cm³/mol. The molecule has 0 spiro atoms. The van der Waals surface area contributed by atoms with Gasteiger partial charge in [-0.1, -0.05) is 30.3 Å². The van der Waals surface area contributed by atoms with Gasteiger partial charge in [0.15, 0.2) is 0 Å². The van der Waals surface area contributed by atoms with E-state index in [1.54, 1.807) is 17.9 Å². The van der Waals surface area contributed by atoms with Gasteiger partial charge < -0.3 is 14.6 Å². The molecule has 1 aliphatic rings. The number of nitrogens with one attached hydrogen (secondary N) is 1. The Morgan fingerprint density at radius 1 is 1.24 bits per heavy atom. The zero-order chi connectivity index (χ0) is 17.8. The van der Waals surface area contributed by atoms with Crippen LogP contribution in [-0.4, -0.2) is 29.8 Å². The maximum absolute atomic E-state index is 12.6. The van der Waals surface area contributed by atoms with Gasteiger partial charge in [0, 0.05) is 13.1 Å². The van der Waals surface area contributed by atoms with E-state index in [0.29, 0.717) is 24.4 Å². The Hall–Kier alpha value is -2.56. The number of carbonyl (C=O) groups excluding carboxylic acids is 2. The molecule has 5 nitrogen and oxygen atoms in total. The quantitative estimate of drug-likeness (QED) is 0.929. The minimum absolute atomic E-state index is 0.0118. The second-order valence-corrected chi connectivity index (χ2v) is 6.62. The minimum atomic E-state index is -0.170. The van der Waals surface area contributed by atoms with Gasteiger partial charge in [-0.15, -0.1) is 0 Å². The topological polar surface area (TPSA) is 62.6 Å². The third-order valence-corrected chi connectivity index (χ3v) is 4.83. The second-order valence-electron chi connectivity index (χ2n) is 6.62. The molecule has 0 aliphatic carbocycles. The van der Waals surface area contributed by atoms with Crippen LogP contribution in [0.1, 0.15) is 47.5 Å². The summed E-state index contributed by atoms with van der Waals surface area (Å²) in [5.41, 5.74) is 1.66. The SMILES string of the molecule is Cc1occc1C(=O)N1CCCC(C(=O)NC(C)c2ccccc2)C1.